The summed E-state index contributed by atoms with van der Waals surface area (Å²) in [5.41, 5.74) is 1.47. The highest BCUT2D eigenvalue weighted by atomic mass is 35.5. The van der Waals surface area contributed by atoms with Gasteiger partial charge in [-0.25, -0.2) is 0 Å². The summed E-state index contributed by atoms with van der Waals surface area (Å²) in [6, 6.07) is 9.23. The minimum Gasteiger partial charge on any atom is -0.309 e. The number of rotatable bonds is 3. The molecule has 0 radical (unpaired) electrons. The van der Waals surface area contributed by atoms with Crippen LogP contribution in [0.3, 0.4) is 0 Å². The Kier molecular flexibility index (Phi) is 4.78. The number of nitrogens with one attached hydrogen (secondary N) is 1. The average molecular weight is 295 g/mol. The molecular weight excluding hydrogens is 268 g/mol. The van der Waals surface area contributed by atoms with E-state index in [0.29, 0.717) is 18.0 Å². The van der Waals surface area contributed by atoms with Gasteiger partial charge < -0.3 is 5.32 Å². The number of halogens is 1. The van der Waals surface area contributed by atoms with Gasteiger partial charge in [0.15, 0.2) is 0 Å². The lowest BCUT2D eigenvalue weighted by molar-refractivity contribution is 0.0371. The van der Waals surface area contributed by atoms with E-state index in [4.69, 9.17) is 11.6 Å². The van der Waals surface area contributed by atoms with Crippen LogP contribution in [0.4, 0.5) is 0 Å². The molecule has 0 bridgehead atoms. The molecule has 1 aromatic rings. The van der Waals surface area contributed by atoms with Crippen LogP contribution >= 0.6 is 11.6 Å². The van der Waals surface area contributed by atoms with Crippen LogP contribution in [-0.2, 0) is 0 Å². The quantitative estimate of drug-likeness (QED) is 0.902. The highest BCUT2D eigenvalue weighted by Gasteiger charge is 2.36. The van der Waals surface area contributed by atoms with Crippen LogP contribution in [0.2, 0.25) is 5.02 Å². The minimum absolute atomic E-state index is 0.165. The van der Waals surface area contributed by atoms with E-state index in [2.05, 4.69) is 57.0 Å². The first-order valence-corrected chi connectivity index (χ1v) is 7.94. The lowest BCUT2D eigenvalue weighted by Crippen LogP contribution is -2.63. The summed E-state index contributed by atoms with van der Waals surface area (Å²) in [5.74, 6) is 0.639. The molecule has 2 nitrogen and oxygen atoms in total. The predicted octanol–water partition coefficient (Wildman–Crippen LogP) is 4.11. The Morgan fingerprint density at radius 2 is 2.00 bits per heavy atom. The van der Waals surface area contributed by atoms with Crippen molar-refractivity contribution in [3.8, 4) is 0 Å². The maximum atomic E-state index is 6.15. The van der Waals surface area contributed by atoms with E-state index >= 15 is 0 Å². The van der Waals surface area contributed by atoms with Crippen LogP contribution < -0.4 is 5.32 Å². The van der Waals surface area contributed by atoms with Gasteiger partial charge in [-0.3, -0.25) is 4.90 Å². The van der Waals surface area contributed by atoms with Gasteiger partial charge in [-0.2, -0.15) is 0 Å². The normalized spacial score (nSPS) is 24.9. The summed E-state index contributed by atoms with van der Waals surface area (Å²) in [6.07, 6.45) is 0. The van der Waals surface area contributed by atoms with Crippen molar-refractivity contribution in [3.63, 3.8) is 0 Å². The third kappa shape index (κ3) is 3.55. The standard InChI is InChI=1S/C17H27ClN2/c1-12(2)16-10-19-17(4,5)11-20(16)13(3)14-7-6-8-15(18)9-14/h6-9,12-13,16,19H,10-11H2,1-5H3. The van der Waals surface area contributed by atoms with Crippen LogP contribution in [0.25, 0.3) is 0 Å². The Labute approximate surface area is 128 Å². The molecule has 2 atom stereocenters. The number of hydrogen-bond donors (Lipinski definition) is 1. The molecule has 2 unspecified atom stereocenters. The van der Waals surface area contributed by atoms with E-state index in [-0.39, 0.29) is 5.54 Å². The molecule has 0 amide bonds. The number of hydrogen-bond acceptors (Lipinski definition) is 2. The molecule has 1 aliphatic heterocycles. The summed E-state index contributed by atoms with van der Waals surface area (Å²) in [4.78, 5) is 2.63. The fourth-order valence-electron chi connectivity index (χ4n) is 3.13. The molecule has 1 saturated heterocycles. The van der Waals surface area contributed by atoms with Crippen LogP contribution in [0.15, 0.2) is 24.3 Å². The lowest BCUT2D eigenvalue weighted by Gasteiger charge is -2.49. The van der Waals surface area contributed by atoms with Crippen LogP contribution in [-0.4, -0.2) is 29.6 Å². The smallest absolute Gasteiger partial charge is 0.0409 e. The van der Waals surface area contributed by atoms with Crippen molar-refractivity contribution in [2.75, 3.05) is 13.1 Å². The van der Waals surface area contributed by atoms with Crippen LogP contribution in [0.5, 0.6) is 0 Å². The zero-order valence-electron chi connectivity index (χ0n) is 13.3. The van der Waals surface area contributed by atoms with Crippen molar-refractivity contribution in [2.45, 2.75) is 52.2 Å². The Hall–Kier alpha value is -0.570. The Bertz CT molecular complexity index is 456. The first-order valence-electron chi connectivity index (χ1n) is 7.56. The highest BCUT2D eigenvalue weighted by molar-refractivity contribution is 6.30. The predicted molar refractivity (Wildman–Crippen MR) is 87.3 cm³/mol. The SMILES string of the molecule is CC(C)C1CNC(C)(C)CN1C(C)c1cccc(Cl)c1. The van der Waals surface area contributed by atoms with E-state index in [1.54, 1.807) is 0 Å². The maximum absolute atomic E-state index is 6.15. The molecule has 20 heavy (non-hydrogen) atoms. The van der Waals surface area contributed by atoms with E-state index < -0.39 is 0 Å². The van der Waals surface area contributed by atoms with E-state index in [1.807, 2.05) is 12.1 Å². The first-order chi connectivity index (χ1) is 9.30. The molecule has 0 aliphatic carbocycles. The van der Waals surface area contributed by atoms with Gasteiger partial charge >= 0.3 is 0 Å². The number of piperazine rings is 1. The van der Waals surface area contributed by atoms with Crippen molar-refractivity contribution in [1.82, 2.24) is 10.2 Å². The van der Waals surface area contributed by atoms with Gasteiger partial charge in [0.2, 0.25) is 0 Å². The Morgan fingerprint density at radius 3 is 2.60 bits per heavy atom. The van der Waals surface area contributed by atoms with Crippen molar-refractivity contribution in [2.24, 2.45) is 5.92 Å². The van der Waals surface area contributed by atoms with Crippen molar-refractivity contribution in [1.29, 1.82) is 0 Å². The first kappa shape index (κ1) is 15.8. The summed E-state index contributed by atoms with van der Waals surface area (Å²) >= 11 is 6.15. The fraction of sp³-hybridized carbons (Fsp3) is 0.647. The summed E-state index contributed by atoms with van der Waals surface area (Å²) in [6.45, 7) is 13.6. The molecule has 3 heteroatoms. The van der Waals surface area contributed by atoms with Crippen LogP contribution in [0.1, 0.15) is 46.2 Å². The second kappa shape index (κ2) is 6.05. The molecule has 1 fully saturated rings. The van der Waals surface area contributed by atoms with E-state index in [0.717, 1.165) is 18.1 Å². The highest BCUT2D eigenvalue weighted by Crippen LogP contribution is 2.30. The Balaban J connectivity index is 2.25. The Morgan fingerprint density at radius 1 is 1.30 bits per heavy atom. The van der Waals surface area contributed by atoms with Gasteiger partial charge in [0.1, 0.15) is 0 Å². The molecule has 112 valence electrons. The molecule has 0 spiro atoms. The van der Waals surface area contributed by atoms with Crippen molar-refractivity contribution in [3.05, 3.63) is 34.9 Å². The topological polar surface area (TPSA) is 15.3 Å². The van der Waals surface area contributed by atoms with Gasteiger partial charge in [-0.1, -0.05) is 37.6 Å². The summed E-state index contributed by atoms with van der Waals surface area (Å²) in [5, 5.41) is 4.49. The average Bonchev–Trinajstić information content (AvgIpc) is 2.36. The van der Waals surface area contributed by atoms with Gasteiger partial charge in [0.05, 0.1) is 0 Å². The maximum Gasteiger partial charge on any atom is 0.0409 e. The van der Waals surface area contributed by atoms with Gasteiger partial charge in [-0.15, -0.1) is 0 Å². The molecule has 1 N–H and O–H groups in total. The number of benzene rings is 1. The van der Waals surface area contributed by atoms with E-state index in [1.165, 1.54) is 5.56 Å². The molecule has 2 rings (SSSR count). The molecular formula is C17H27ClN2. The largest absolute Gasteiger partial charge is 0.309 e. The number of nitrogens with zero attached hydrogens (tertiary/aromatic N) is 1. The third-order valence-corrected chi connectivity index (χ3v) is 4.63. The summed E-state index contributed by atoms with van der Waals surface area (Å²) < 4.78 is 0. The molecule has 0 aromatic heterocycles. The van der Waals surface area contributed by atoms with E-state index in [9.17, 15) is 0 Å². The fourth-order valence-corrected chi connectivity index (χ4v) is 3.33. The van der Waals surface area contributed by atoms with Gasteiger partial charge in [-0.05, 0) is 44.4 Å². The summed E-state index contributed by atoms with van der Waals surface area (Å²) in [7, 11) is 0. The lowest BCUT2D eigenvalue weighted by atomic mass is 9.90. The molecule has 1 aliphatic rings. The van der Waals surface area contributed by atoms with Crippen molar-refractivity contribution < 1.29 is 0 Å². The monoisotopic (exact) mass is 294 g/mol. The molecule has 0 saturated carbocycles. The molecule has 1 aromatic carbocycles. The van der Waals surface area contributed by atoms with Crippen LogP contribution in [0, 0.1) is 5.92 Å². The van der Waals surface area contributed by atoms with Crippen molar-refractivity contribution >= 4 is 11.6 Å². The zero-order valence-corrected chi connectivity index (χ0v) is 14.0. The minimum atomic E-state index is 0.165. The zero-order chi connectivity index (χ0) is 14.9. The molecule has 1 heterocycles. The second-order valence-electron chi connectivity index (χ2n) is 6.98. The second-order valence-corrected chi connectivity index (χ2v) is 7.42. The van der Waals surface area contributed by atoms with Gasteiger partial charge in [0.25, 0.3) is 0 Å². The van der Waals surface area contributed by atoms with Gasteiger partial charge in [0, 0.05) is 35.7 Å². The third-order valence-electron chi connectivity index (χ3n) is 4.39.